The van der Waals surface area contributed by atoms with E-state index in [0.29, 0.717) is 0 Å². The Bertz CT molecular complexity index is 1370. The number of aliphatic hydroxyl groups is 1. The molecule has 0 bridgehead atoms. The van der Waals surface area contributed by atoms with Gasteiger partial charge in [0.25, 0.3) is 0 Å². The molecule has 0 aliphatic carbocycles. The Hall–Kier alpha value is -3.01. The molecule has 2 aromatic carbocycles. The average Bonchev–Trinajstić information content (AvgIpc) is 3.32. The molecule has 2 aromatic heterocycles. The van der Waals surface area contributed by atoms with Gasteiger partial charge in [0.2, 0.25) is 0 Å². The first-order chi connectivity index (χ1) is 16.7. The minimum atomic E-state index is -0.417. The molecule has 4 nitrogen and oxygen atoms in total. The summed E-state index contributed by atoms with van der Waals surface area (Å²) in [6, 6.07) is 22.3. The van der Waals surface area contributed by atoms with Crippen LogP contribution in [0.2, 0.25) is 0 Å². The summed E-state index contributed by atoms with van der Waals surface area (Å²) in [5.41, 5.74) is 5.80. The molecule has 0 saturated carbocycles. The molecule has 0 aliphatic heterocycles. The number of carbonyl (C=O) groups is 1. The van der Waals surface area contributed by atoms with Crippen LogP contribution in [0.5, 0.6) is 0 Å². The SMILES string of the molecule is CC(C)(C)C(=O)/C=C(\O)C(C)(C)C.Cc1[c-]c(-c2ccc3cc(-n4cccc4)ccc3n2)cc(C)c1.[Ir]. The molecule has 0 aliphatic rings. The monoisotopic (exact) mass is 674 g/mol. The summed E-state index contributed by atoms with van der Waals surface area (Å²) in [5.74, 6) is 0.104. The molecule has 0 spiro atoms. The minimum absolute atomic E-state index is 0. The summed E-state index contributed by atoms with van der Waals surface area (Å²) < 4.78 is 2.10. The number of carbonyl (C=O) groups excluding carboxylic acids is 1. The molecule has 4 aromatic rings. The van der Waals surface area contributed by atoms with Crippen molar-refractivity contribution in [1.29, 1.82) is 0 Å². The van der Waals surface area contributed by atoms with Crippen LogP contribution in [0.15, 0.2) is 78.8 Å². The molecular formula is C32H37IrN2O2-. The van der Waals surface area contributed by atoms with E-state index in [4.69, 9.17) is 4.98 Å². The Morgan fingerprint density at radius 1 is 0.919 bits per heavy atom. The maximum Gasteiger partial charge on any atom is 0.164 e. The molecule has 1 radical (unpaired) electrons. The summed E-state index contributed by atoms with van der Waals surface area (Å²) in [4.78, 5) is 16.3. The fraction of sp³-hybridized carbons (Fsp3) is 0.312. The van der Waals surface area contributed by atoms with Crippen molar-refractivity contribution >= 4 is 16.7 Å². The number of pyridine rings is 1. The van der Waals surface area contributed by atoms with Crippen LogP contribution in [-0.2, 0) is 24.9 Å². The molecule has 37 heavy (non-hydrogen) atoms. The van der Waals surface area contributed by atoms with Crippen molar-refractivity contribution in [3.63, 3.8) is 0 Å². The van der Waals surface area contributed by atoms with E-state index in [2.05, 4.69) is 66.9 Å². The number of hydrogen-bond donors (Lipinski definition) is 1. The third kappa shape index (κ3) is 8.24. The Kier molecular flexibility index (Phi) is 9.82. The van der Waals surface area contributed by atoms with E-state index < -0.39 is 5.41 Å². The first kappa shape index (κ1) is 30.2. The van der Waals surface area contributed by atoms with Crippen molar-refractivity contribution in [3.05, 3.63) is 96.0 Å². The third-order valence-corrected chi connectivity index (χ3v) is 5.77. The normalized spacial score (nSPS) is 11.9. The fourth-order valence-corrected chi connectivity index (χ4v) is 3.52. The van der Waals surface area contributed by atoms with Crippen molar-refractivity contribution in [3.8, 4) is 16.9 Å². The third-order valence-electron chi connectivity index (χ3n) is 5.77. The molecule has 5 heteroatoms. The average molecular weight is 674 g/mol. The molecule has 0 amide bonds. The fourth-order valence-electron chi connectivity index (χ4n) is 3.52. The van der Waals surface area contributed by atoms with E-state index in [9.17, 15) is 9.90 Å². The number of fused-ring (bicyclic) bond motifs is 1. The molecule has 4 rings (SSSR count). The number of ketones is 1. The zero-order valence-electron chi connectivity index (χ0n) is 23.0. The smallest absolute Gasteiger partial charge is 0.164 e. The molecule has 0 fully saturated rings. The molecule has 1 N–H and O–H groups in total. The number of aryl methyl sites for hydroxylation is 2. The molecule has 2 heterocycles. The quantitative estimate of drug-likeness (QED) is 0.136. The zero-order chi connectivity index (χ0) is 26.7. The summed E-state index contributed by atoms with van der Waals surface area (Å²) in [6.45, 7) is 15.3. The standard InChI is InChI=1S/C21H17N2.C11H20O2.Ir/c1-15-11-16(2)13-18(12-15)21-7-5-17-14-19(6-8-20(17)22-21)23-9-3-4-10-23;1-10(2,3)8(12)7-9(13)11(4,5)6;/h3-12,14H,1-2H3;7,12H,1-6H3;/q-1;;/b;8-7-;. The Balaban J connectivity index is 0.000000299. The largest absolute Gasteiger partial charge is 0.512 e. The van der Waals surface area contributed by atoms with Gasteiger partial charge < -0.3 is 9.67 Å². The van der Waals surface area contributed by atoms with Crippen LogP contribution < -0.4 is 0 Å². The second-order valence-corrected chi connectivity index (χ2v) is 11.3. The zero-order valence-corrected chi connectivity index (χ0v) is 25.4. The van der Waals surface area contributed by atoms with E-state index in [1.165, 1.54) is 11.6 Å². The maximum absolute atomic E-state index is 11.5. The number of allylic oxidation sites excluding steroid dienone is 2. The van der Waals surface area contributed by atoms with Crippen LogP contribution in [-0.4, -0.2) is 20.4 Å². The molecule has 197 valence electrons. The Morgan fingerprint density at radius 2 is 1.57 bits per heavy atom. The maximum atomic E-state index is 11.5. The van der Waals surface area contributed by atoms with Crippen molar-refractivity contribution in [1.82, 2.24) is 9.55 Å². The van der Waals surface area contributed by atoms with Gasteiger partial charge in [-0.2, -0.15) is 0 Å². The van der Waals surface area contributed by atoms with Crippen LogP contribution in [0.3, 0.4) is 0 Å². The van der Waals surface area contributed by atoms with Gasteiger partial charge in [0.1, 0.15) is 5.76 Å². The molecule has 0 unspecified atom stereocenters. The molecule has 0 saturated heterocycles. The van der Waals surface area contributed by atoms with Crippen molar-refractivity contribution in [2.45, 2.75) is 55.4 Å². The number of rotatable bonds is 3. The van der Waals surface area contributed by atoms with Crippen LogP contribution in [0, 0.1) is 30.7 Å². The number of hydrogen-bond acceptors (Lipinski definition) is 3. The van der Waals surface area contributed by atoms with E-state index in [-0.39, 0.29) is 37.1 Å². The second kappa shape index (κ2) is 12.0. The van der Waals surface area contributed by atoms with Gasteiger partial charge in [-0.05, 0) is 36.0 Å². The van der Waals surface area contributed by atoms with Gasteiger partial charge in [0.15, 0.2) is 5.78 Å². The van der Waals surface area contributed by atoms with E-state index in [1.54, 1.807) is 0 Å². The summed E-state index contributed by atoms with van der Waals surface area (Å²) in [6.07, 6.45) is 5.43. The summed E-state index contributed by atoms with van der Waals surface area (Å²) in [7, 11) is 0. The molecular weight excluding hydrogens is 637 g/mol. The van der Waals surface area contributed by atoms with Crippen molar-refractivity contribution < 1.29 is 30.0 Å². The predicted octanol–water partition coefficient (Wildman–Crippen LogP) is 8.20. The van der Waals surface area contributed by atoms with Crippen molar-refractivity contribution in [2.75, 3.05) is 0 Å². The number of benzene rings is 2. The first-order valence-corrected chi connectivity index (χ1v) is 12.2. The van der Waals surface area contributed by atoms with Crippen LogP contribution in [0.1, 0.15) is 52.7 Å². The van der Waals surface area contributed by atoms with Crippen LogP contribution >= 0.6 is 0 Å². The van der Waals surface area contributed by atoms with Crippen LogP contribution in [0.4, 0.5) is 0 Å². The minimum Gasteiger partial charge on any atom is -0.512 e. The number of aromatic nitrogens is 2. The van der Waals surface area contributed by atoms with Gasteiger partial charge in [0.05, 0.1) is 5.52 Å². The second-order valence-electron chi connectivity index (χ2n) is 11.3. The van der Waals surface area contributed by atoms with E-state index in [1.807, 2.05) is 66.1 Å². The summed E-state index contributed by atoms with van der Waals surface area (Å²) in [5, 5.41) is 10.7. The van der Waals surface area contributed by atoms with Gasteiger partial charge in [-0.3, -0.25) is 9.78 Å². The van der Waals surface area contributed by atoms with Crippen LogP contribution in [0.25, 0.3) is 27.8 Å². The van der Waals surface area contributed by atoms with Crippen molar-refractivity contribution in [2.24, 2.45) is 10.8 Å². The number of aliphatic hydroxyl groups excluding tert-OH is 1. The first-order valence-electron chi connectivity index (χ1n) is 12.2. The summed E-state index contributed by atoms with van der Waals surface area (Å²) >= 11 is 0. The van der Waals surface area contributed by atoms with E-state index >= 15 is 0 Å². The van der Waals surface area contributed by atoms with Gasteiger partial charge in [-0.25, -0.2) is 0 Å². The Morgan fingerprint density at radius 3 is 2.14 bits per heavy atom. The van der Waals surface area contributed by atoms with Gasteiger partial charge >= 0.3 is 0 Å². The van der Waals surface area contributed by atoms with E-state index in [0.717, 1.165) is 33.4 Å². The topological polar surface area (TPSA) is 55.1 Å². The number of nitrogens with zero attached hydrogens (tertiary/aromatic N) is 2. The molecule has 0 atom stereocenters. The Labute approximate surface area is 234 Å². The van der Waals surface area contributed by atoms with Gasteiger partial charge in [0, 0.05) is 60.5 Å². The predicted molar refractivity (Wildman–Crippen MR) is 149 cm³/mol. The van der Waals surface area contributed by atoms with Gasteiger partial charge in [-0.1, -0.05) is 67.5 Å². The van der Waals surface area contributed by atoms with Gasteiger partial charge in [-0.15, -0.1) is 34.9 Å².